The molecule has 7 heteroatoms. The standard InChI is InChI=1S/C15H11F4NO2/c16-8-3-1-4-9(17)13(8)12(21)7-20-15(22)14-10(18)5-2-6-11(14)19/h1-6,12,21H,7H2,(H,20,22). The second-order valence-electron chi connectivity index (χ2n) is 4.46. The van der Waals surface area contributed by atoms with Crippen molar-refractivity contribution in [1.82, 2.24) is 5.32 Å². The lowest BCUT2D eigenvalue weighted by molar-refractivity contribution is 0.0903. The number of rotatable bonds is 4. The highest BCUT2D eigenvalue weighted by Crippen LogP contribution is 2.20. The summed E-state index contributed by atoms with van der Waals surface area (Å²) in [7, 11) is 0. The Morgan fingerprint density at radius 1 is 0.955 bits per heavy atom. The summed E-state index contributed by atoms with van der Waals surface area (Å²) in [6, 6.07) is 5.88. The van der Waals surface area contributed by atoms with E-state index in [1.165, 1.54) is 0 Å². The molecule has 1 unspecified atom stereocenters. The number of aliphatic hydroxyl groups is 1. The molecule has 0 aliphatic rings. The van der Waals surface area contributed by atoms with Gasteiger partial charge in [-0.05, 0) is 24.3 Å². The maximum atomic E-state index is 13.4. The number of amides is 1. The molecule has 2 aromatic carbocycles. The molecule has 0 aliphatic heterocycles. The van der Waals surface area contributed by atoms with Crippen molar-refractivity contribution in [2.45, 2.75) is 6.10 Å². The number of benzene rings is 2. The zero-order valence-corrected chi connectivity index (χ0v) is 11.1. The van der Waals surface area contributed by atoms with E-state index >= 15 is 0 Å². The van der Waals surface area contributed by atoms with Gasteiger partial charge < -0.3 is 10.4 Å². The van der Waals surface area contributed by atoms with Crippen LogP contribution in [0.2, 0.25) is 0 Å². The van der Waals surface area contributed by atoms with E-state index in [0.717, 1.165) is 36.4 Å². The van der Waals surface area contributed by atoms with Gasteiger partial charge in [-0.3, -0.25) is 4.79 Å². The van der Waals surface area contributed by atoms with Crippen molar-refractivity contribution >= 4 is 5.91 Å². The number of nitrogens with one attached hydrogen (secondary N) is 1. The molecule has 1 amide bonds. The minimum Gasteiger partial charge on any atom is -0.386 e. The molecule has 22 heavy (non-hydrogen) atoms. The van der Waals surface area contributed by atoms with Crippen LogP contribution in [0.4, 0.5) is 17.6 Å². The Morgan fingerprint density at radius 3 is 1.91 bits per heavy atom. The fourth-order valence-electron chi connectivity index (χ4n) is 1.92. The van der Waals surface area contributed by atoms with Crippen LogP contribution in [0.1, 0.15) is 22.0 Å². The fourth-order valence-corrected chi connectivity index (χ4v) is 1.92. The first-order chi connectivity index (χ1) is 10.4. The van der Waals surface area contributed by atoms with Crippen molar-refractivity contribution in [3.05, 3.63) is 70.8 Å². The van der Waals surface area contributed by atoms with E-state index in [0.29, 0.717) is 0 Å². The highest BCUT2D eigenvalue weighted by molar-refractivity contribution is 5.94. The summed E-state index contributed by atoms with van der Waals surface area (Å²) in [5.74, 6) is -5.27. The Labute approximate surface area is 123 Å². The van der Waals surface area contributed by atoms with Crippen molar-refractivity contribution < 1.29 is 27.5 Å². The molecule has 2 rings (SSSR count). The Bertz CT molecular complexity index is 665. The monoisotopic (exact) mass is 313 g/mol. The smallest absolute Gasteiger partial charge is 0.257 e. The van der Waals surface area contributed by atoms with Crippen LogP contribution in [0.3, 0.4) is 0 Å². The highest BCUT2D eigenvalue weighted by Gasteiger charge is 2.21. The fraction of sp³-hybridized carbons (Fsp3) is 0.133. The van der Waals surface area contributed by atoms with E-state index < -0.39 is 53.0 Å². The minimum absolute atomic E-state index is 0.607. The lowest BCUT2D eigenvalue weighted by Gasteiger charge is -2.14. The Balaban J connectivity index is 2.11. The molecule has 116 valence electrons. The minimum atomic E-state index is -1.69. The average Bonchev–Trinajstić information content (AvgIpc) is 2.44. The van der Waals surface area contributed by atoms with E-state index in [1.807, 2.05) is 5.32 Å². The maximum Gasteiger partial charge on any atom is 0.257 e. The quantitative estimate of drug-likeness (QED) is 0.853. The average molecular weight is 313 g/mol. The molecule has 0 bridgehead atoms. The van der Waals surface area contributed by atoms with Gasteiger partial charge in [-0.2, -0.15) is 0 Å². The van der Waals surface area contributed by atoms with Crippen LogP contribution < -0.4 is 5.32 Å². The van der Waals surface area contributed by atoms with Crippen molar-refractivity contribution in [1.29, 1.82) is 0 Å². The largest absolute Gasteiger partial charge is 0.386 e. The lowest BCUT2D eigenvalue weighted by Crippen LogP contribution is -2.30. The maximum absolute atomic E-state index is 13.4. The Kier molecular flexibility index (Phi) is 4.77. The topological polar surface area (TPSA) is 49.3 Å². The van der Waals surface area contributed by atoms with Crippen LogP contribution in [0.5, 0.6) is 0 Å². The molecular weight excluding hydrogens is 302 g/mol. The summed E-state index contributed by atoms with van der Waals surface area (Å²) >= 11 is 0. The SMILES string of the molecule is O=C(NCC(O)c1c(F)cccc1F)c1c(F)cccc1F. The summed E-state index contributed by atoms with van der Waals surface area (Å²) in [5, 5.41) is 11.8. The van der Waals surface area contributed by atoms with Gasteiger partial charge in [-0.15, -0.1) is 0 Å². The van der Waals surface area contributed by atoms with Crippen LogP contribution in [-0.4, -0.2) is 17.6 Å². The second kappa shape index (κ2) is 6.57. The molecular formula is C15H11F4NO2. The second-order valence-corrected chi connectivity index (χ2v) is 4.46. The van der Waals surface area contributed by atoms with Crippen LogP contribution in [0, 0.1) is 23.3 Å². The molecule has 3 nitrogen and oxygen atoms in total. The molecule has 1 atom stereocenters. The van der Waals surface area contributed by atoms with Gasteiger partial charge in [0.05, 0.1) is 5.56 Å². The first-order valence-electron chi connectivity index (χ1n) is 6.26. The molecule has 2 aromatic rings. The number of hydrogen-bond donors (Lipinski definition) is 2. The summed E-state index contributed by atoms with van der Waals surface area (Å²) in [6.07, 6.45) is -1.69. The zero-order valence-electron chi connectivity index (χ0n) is 11.1. The third-order valence-corrected chi connectivity index (χ3v) is 2.98. The van der Waals surface area contributed by atoms with Gasteiger partial charge in [0.15, 0.2) is 0 Å². The van der Waals surface area contributed by atoms with Crippen LogP contribution in [-0.2, 0) is 0 Å². The van der Waals surface area contributed by atoms with Crippen LogP contribution >= 0.6 is 0 Å². The van der Waals surface area contributed by atoms with Crippen molar-refractivity contribution in [2.24, 2.45) is 0 Å². The first-order valence-corrected chi connectivity index (χ1v) is 6.26. The van der Waals surface area contributed by atoms with Gasteiger partial charge in [0.2, 0.25) is 0 Å². The molecule has 0 saturated carbocycles. The number of hydrogen-bond acceptors (Lipinski definition) is 2. The molecule has 0 aliphatic carbocycles. The van der Waals surface area contributed by atoms with Crippen molar-refractivity contribution in [3.63, 3.8) is 0 Å². The van der Waals surface area contributed by atoms with Gasteiger partial charge in [-0.1, -0.05) is 12.1 Å². The molecule has 0 heterocycles. The number of carbonyl (C=O) groups excluding carboxylic acids is 1. The van der Waals surface area contributed by atoms with Crippen LogP contribution in [0.25, 0.3) is 0 Å². The third-order valence-electron chi connectivity index (χ3n) is 2.98. The lowest BCUT2D eigenvalue weighted by atomic mass is 10.1. The summed E-state index contributed by atoms with van der Waals surface area (Å²) < 4.78 is 53.7. The molecule has 0 radical (unpaired) electrons. The number of halogens is 4. The van der Waals surface area contributed by atoms with E-state index in [4.69, 9.17) is 0 Å². The summed E-state index contributed by atoms with van der Waals surface area (Å²) in [6.45, 7) is -0.607. The third kappa shape index (κ3) is 3.25. The Morgan fingerprint density at radius 2 is 1.41 bits per heavy atom. The highest BCUT2D eigenvalue weighted by atomic mass is 19.1. The van der Waals surface area contributed by atoms with Crippen LogP contribution in [0.15, 0.2) is 36.4 Å². The van der Waals surface area contributed by atoms with E-state index in [2.05, 4.69) is 0 Å². The predicted molar refractivity (Wildman–Crippen MR) is 70.0 cm³/mol. The summed E-state index contributed by atoms with van der Waals surface area (Å²) in [4.78, 5) is 11.7. The van der Waals surface area contributed by atoms with Gasteiger partial charge >= 0.3 is 0 Å². The van der Waals surface area contributed by atoms with Gasteiger partial charge in [0.25, 0.3) is 5.91 Å². The van der Waals surface area contributed by atoms with Gasteiger partial charge in [0, 0.05) is 6.54 Å². The van der Waals surface area contributed by atoms with E-state index in [-0.39, 0.29) is 0 Å². The molecule has 0 saturated heterocycles. The molecule has 0 aromatic heterocycles. The molecule has 2 N–H and O–H groups in total. The van der Waals surface area contributed by atoms with Gasteiger partial charge in [-0.25, -0.2) is 17.6 Å². The van der Waals surface area contributed by atoms with Crippen molar-refractivity contribution in [3.8, 4) is 0 Å². The Hall–Kier alpha value is -2.41. The first kappa shape index (κ1) is 16.0. The van der Waals surface area contributed by atoms with E-state index in [9.17, 15) is 27.5 Å². The van der Waals surface area contributed by atoms with Crippen molar-refractivity contribution in [2.75, 3.05) is 6.54 Å². The number of aliphatic hydroxyl groups excluding tert-OH is 1. The summed E-state index contributed by atoms with van der Waals surface area (Å²) in [5.41, 5.74) is -1.46. The predicted octanol–water partition coefficient (Wildman–Crippen LogP) is 2.71. The number of carbonyl (C=O) groups is 1. The molecule has 0 fully saturated rings. The van der Waals surface area contributed by atoms with E-state index in [1.54, 1.807) is 0 Å². The molecule has 0 spiro atoms. The zero-order chi connectivity index (χ0) is 16.3. The van der Waals surface area contributed by atoms with Gasteiger partial charge in [0.1, 0.15) is 34.9 Å². The normalized spacial score (nSPS) is 12.0.